The lowest BCUT2D eigenvalue weighted by Gasteiger charge is -2.28. The van der Waals surface area contributed by atoms with Crippen LogP contribution in [0.15, 0.2) is 41.4 Å². The van der Waals surface area contributed by atoms with Gasteiger partial charge in [0.1, 0.15) is 11.6 Å². The molecule has 22 heavy (non-hydrogen) atoms. The van der Waals surface area contributed by atoms with Crippen molar-refractivity contribution < 1.29 is 4.74 Å². The minimum atomic E-state index is -0.0731. The summed E-state index contributed by atoms with van der Waals surface area (Å²) >= 11 is 0. The molecule has 0 saturated carbocycles. The Bertz CT molecular complexity index is 737. The molecule has 0 spiro atoms. The second-order valence-electron chi connectivity index (χ2n) is 5.61. The number of fused-ring (bicyclic) bond motifs is 1. The molecular weight excluding hydrogens is 274 g/mol. The van der Waals surface area contributed by atoms with Crippen LogP contribution in [0.25, 0.3) is 0 Å². The van der Waals surface area contributed by atoms with Crippen LogP contribution in [-0.4, -0.2) is 11.9 Å². The summed E-state index contributed by atoms with van der Waals surface area (Å²) in [4.78, 5) is 4.80. The van der Waals surface area contributed by atoms with Gasteiger partial charge in [-0.3, -0.25) is 0 Å². The molecule has 1 aliphatic heterocycles. The third-order valence-corrected chi connectivity index (χ3v) is 4.03. The number of nitrogens with zero attached hydrogens (tertiary/aromatic N) is 1. The number of benzene rings is 2. The van der Waals surface area contributed by atoms with E-state index in [-0.39, 0.29) is 6.10 Å². The fraction of sp³-hybridized carbons (Fsp3) is 0.278. The van der Waals surface area contributed by atoms with Crippen LogP contribution in [0.1, 0.15) is 24.5 Å². The Morgan fingerprint density at radius 2 is 2.05 bits per heavy atom. The fourth-order valence-corrected chi connectivity index (χ4v) is 2.54. The molecule has 0 saturated heterocycles. The summed E-state index contributed by atoms with van der Waals surface area (Å²) in [5, 5.41) is 3.38. The standard InChI is InChI=1S/C18H21N3O/c1-4-16-18(20-14-7-5-6-11(2)12(14)3)21-15-10-13(19)8-9-17(15)22-16/h5-10,16H,4,19H2,1-3H3,(H,20,21). The second kappa shape index (κ2) is 5.72. The lowest BCUT2D eigenvalue weighted by Crippen LogP contribution is -2.36. The molecule has 0 bridgehead atoms. The number of ether oxygens (including phenoxy) is 1. The van der Waals surface area contributed by atoms with Gasteiger partial charge >= 0.3 is 0 Å². The molecule has 0 fully saturated rings. The van der Waals surface area contributed by atoms with E-state index in [2.05, 4.69) is 32.2 Å². The minimum absolute atomic E-state index is 0.0731. The van der Waals surface area contributed by atoms with Gasteiger partial charge in [0.15, 0.2) is 6.10 Å². The van der Waals surface area contributed by atoms with Gasteiger partial charge in [-0.25, -0.2) is 4.99 Å². The Morgan fingerprint density at radius 3 is 2.82 bits per heavy atom. The molecule has 114 valence electrons. The van der Waals surface area contributed by atoms with Gasteiger partial charge in [-0.2, -0.15) is 0 Å². The first-order valence-electron chi connectivity index (χ1n) is 7.56. The van der Waals surface area contributed by atoms with Crippen molar-refractivity contribution in [3.63, 3.8) is 0 Å². The predicted molar refractivity (Wildman–Crippen MR) is 92.2 cm³/mol. The van der Waals surface area contributed by atoms with E-state index in [0.717, 1.165) is 29.4 Å². The molecule has 1 aliphatic rings. The molecule has 1 unspecified atom stereocenters. The van der Waals surface area contributed by atoms with Crippen molar-refractivity contribution in [1.82, 2.24) is 0 Å². The zero-order chi connectivity index (χ0) is 15.7. The average Bonchev–Trinajstić information content (AvgIpc) is 2.51. The van der Waals surface area contributed by atoms with Crippen molar-refractivity contribution >= 4 is 22.9 Å². The number of hydrogen-bond acceptors (Lipinski definition) is 3. The van der Waals surface area contributed by atoms with E-state index in [1.807, 2.05) is 30.3 Å². The summed E-state index contributed by atoms with van der Waals surface area (Å²) in [5.41, 5.74) is 10.8. The highest BCUT2D eigenvalue weighted by molar-refractivity contribution is 6.03. The molecule has 4 heteroatoms. The first-order valence-corrected chi connectivity index (χ1v) is 7.56. The number of hydrogen-bond donors (Lipinski definition) is 2. The normalized spacial score (nSPS) is 18.5. The third kappa shape index (κ3) is 2.64. The van der Waals surface area contributed by atoms with E-state index in [4.69, 9.17) is 15.5 Å². The Hall–Kier alpha value is -2.49. The Balaban J connectivity index is 2.02. The number of nitrogen functional groups attached to an aromatic ring is 1. The lowest BCUT2D eigenvalue weighted by atomic mass is 10.1. The number of anilines is 2. The largest absolute Gasteiger partial charge is 0.480 e. The maximum Gasteiger partial charge on any atom is 0.156 e. The van der Waals surface area contributed by atoms with Crippen molar-refractivity contribution in [3.8, 4) is 5.75 Å². The van der Waals surface area contributed by atoms with Crippen LogP contribution in [0.4, 0.5) is 17.1 Å². The van der Waals surface area contributed by atoms with Crippen molar-refractivity contribution in [1.29, 1.82) is 0 Å². The molecule has 1 heterocycles. The quantitative estimate of drug-likeness (QED) is 0.816. The van der Waals surface area contributed by atoms with Crippen LogP contribution in [0.5, 0.6) is 5.75 Å². The van der Waals surface area contributed by atoms with Crippen molar-refractivity contribution in [2.75, 3.05) is 11.1 Å². The van der Waals surface area contributed by atoms with Gasteiger partial charge in [0.2, 0.25) is 0 Å². The smallest absolute Gasteiger partial charge is 0.156 e. The van der Waals surface area contributed by atoms with Crippen LogP contribution in [-0.2, 0) is 0 Å². The van der Waals surface area contributed by atoms with Gasteiger partial charge in [-0.15, -0.1) is 0 Å². The molecule has 2 aromatic rings. The summed E-state index contributed by atoms with van der Waals surface area (Å²) in [7, 11) is 0. The summed E-state index contributed by atoms with van der Waals surface area (Å²) in [6.07, 6.45) is 0.775. The van der Waals surface area contributed by atoms with Crippen molar-refractivity contribution in [2.24, 2.45) is 4.99 Å². The highest BCUT2D eigenvalue weighted by Crippen LogP contribution is 2.33. The molecule has 2 aromatic carbocycles. The van der Waals surface area contributed by atoms with Crippen molar-refractivity contribution in [2.45, 2.75) is 33.3 Å². The summed E-state index contributed by atoms with van der Waals surface area (Å²) < 4.78 is 6.04. The number of nitrogens with one attached hydrogen (secondary N) is 1. The fourth-order valence-electron chi connectivity index (χ4n) is 2.54. The zero-order valence-corrected chi connectivity index (χ0v) is 13.2. The second-order valence-corrected chi connectivity index (χ2v) is 5.61. The van der Waals surface area contributed by atoms with Crippen molar-refractivity contribution in [3.05, 3.63) is 47.5 Å². The minimum Gasteiger partial charge on any atom is -0.480 e. The summed E-state index contributed by atoms with van der Waals surface area (Å²) in [6.45, 7) is 6.27. The first kappa shape index (κ1) is 14.4. The lowest BCUT2D eigenvalue weighted by molar-refractivity contribution is 0.259. The van der Waals surface area contributed by atoms with Crippen LogP contribution >= 0.6 is 0 Å². The van der Waals surface area contributed by atoms with E-state index < -0.39 is 0 Å². The van der Waals surface area contributed by atoms with Crippen LogP contribution < -0.4 is 15.8 Å². The Kier molecular flexibility index (Phi) is 3.75. The molecule has 0 aliphatic carbocycles. The van der Waals surface area contributed by atoms with E-state index in [1.165, 1.54) is 11.1 Å². The monoisotopic (exact) mass is 295 g/mol. The SMILES string of the molecule is CCC1Oc2ccc(N)cc2NC1=Nc1cccc(C)c1C. The topological polar surface area (TPSA) is 59.6 Å². The van der Waals surface area contributed by atoms with Gasteiger partial charge in [0.25, 0.3) is 0 Å². The molecular formula is C18H21N3O. The van der Waals surface area contributed by atoms with E-state index in [0.29, 0.717) is 5.69 Å². The molecule has 1 atom stereocenters. The molecule has 4 nitrogen and oxygen atoms in total. The Morgan fingerprint density at radius 1 is 1.23 bits per heavy atom. The molecule has 3 N–H and O–H groups in total. The number of aliphatic imine (C=N–C) groups is 1. The molecule has 3 rings (SSSR count). The van der Waals surface area contributed by atoms with E-state index in [9.17, 15) is 0 Å². The van der Waals surface area contributed by atoms with Gasteiger partial charge in [0.05, 0.1) is 11.4 Å². The van der Waals surface area contributed by atoms with E-state index >= 15 is 0 Å². The number of aryl methyl sites for hydroxylation is 1. The number of amidine groups is 1. The molecule has 0 aromatic heterocycles. The van der Waals surface area contributed by atoms with Crippen LogP contribution in [0.2, 0.25) is 0 Å². The first-order chi connectivity index (χ1) is 10.6. The summed E-state index contributed by atoms with van der Waals surface area (Å²) in [6, 6.07) is 11.8. The summed E-state index contributed by atoms with van der Waals surface area (Å²) in [5.74, 6) is 1.65. The average molecular weight is 295 g/mol. The third-order valence-electron chi connectivity index (χ3n) is 4.03. The number of nitrogens with two attached hydrogens (primary N) is 1. The van der Waals surface area contributed by atoms with Gasteiger partial charge in [-0.05, 0) is 55.7 Å². The Labute approximate surface area is 131 Å². The van der Waals surface area contributed by atoms with Crippen LogP contribution in [0, 0.1) is 13.8 Å². The highest BCUT2D eigenvalue weighted by Gasteiger charge is 2.24. The maximum atomic E-state index is 6.04. The zero-order valence-electron chi connectivity index (χ0n) is 13.2. The van der Waals surface area contributed by atoms with E-state index in [1.54, 1.807) is 0 Å². The highest BCUT2D eigenvalue weighted by atomic mass is 16.5. The van der Waals surface area contributed by atoms with Crippen LogP contribution in [0.3, 0.4) is 0 Å². The number of rotatable bonds is 2. The van der Waals surface area contributed by atoms with Gasteiger partial charge in [0, 0.05) is 5.69 Å². The van der Waals surface area contributed by atoms with Gasteiger partial charge in [-0.1, -0.05) is 19.1 Å². The molecule has 0 radical (unpaired) electrons. The molecule has 0 amide bonds. The maximum absolute atomic E-state index is 6.04. The van der Waals surface area contributed by atoms with Gasteiger partial charge < -0.3 is 15.8 Å². The predicted octanol–water partition coefficient (Wildman–Crippen LogP) is 4.20.